The van der Waals surface area contributed by atoms with Crippen LogP contribution in [0.2, 0.25) is 0 Å². The molecule has 3 aromatic carbocycles. The first-order valence-corrected chi connectivity index (χ1v) is 24.1. The zero-order valence-electron chi connectivity index (χ0n) is 36.0. The first-order valence-electron chi connectivity index (χ1n) is 22.0. The van der Waals surface area contributed by atoms with E-state index in [0.29, 0.717) is 54.0 Å². The second-order valence-corrected chi connectivity index (χ2v) is 19.5. The summed E-state index contributed by atoms with van der Waals surface area (Å²) in [5, 5.41) is 5.67. The lowest BCUT2D eigenvalue weighted by atomic mass is 9.94. The maximum Gasteiger partial charge on any atom is 0.262 e. The first-order chi connectivity index (χ1) is 29.9. The van der Waals surface area contributed by atoms with Gasteiger partial charge in [0.15, 0.2) is 11.5 Å². The van der Waals surface area contributed by atoms with E-state index in [-0.39, 0.29) is 23.4 Å². The number of piperidine rings is 3. The Kier molecular flexibility index (Phi) is 13.1. The van der Waals surface area contributed by atoms with E-state index in [9.17, 15) is 27.6 Å². The van der Waals surface area contributed by atoms with Crippen molar-refractivity contribution in [3.8, 4) is 11.5 Å². The number of nitrogens with zero attached hydrogens (tertiary/aromatic N) is 5. The molecule has 0 bridgehead atoms. The van der Waals surface area contributed by atoms with Crippen LogP contribution in [0, 0.1) is 5.92 Å². The van der Waals surface area contributed by atoms with Gasteiger partial charge in [0.1, 0.15) is 15.9 Å². The van der Waals surface area contributed by atoms with E-state index in [4.69, 9.17) is 9.47 Å². The van der Waals surface area contributed by atoms with E-state index >= 15 is 0 Å². The van der Waals surface area contributed by atoms with Crippen molar-refractivity contribution >= 4 is 50.5 Å². The number of hydrogen-bond donors (Lipinski definition) is 2. The molecule has 0 spiro atoms. The van der Waals surface area contributed by atoms with Gasteiger partial charge in [0.05, 0.1) is 36.6 Å². The molecule has 5 aliphatic heterocycles. The van der Waals surface area contributed by atoms with Crippen molar-refractivity contribution in [2.45, 2.75) is 63.6 Å². The standard InChI is InChI=1S/C46H59N7O8S/c1-4-61-42-27-32(5-13-41(42)60-2)40(30-62(3,58)59)53-45(56)37-11-10-36(28-38(37)46(53)57)52-25-23-51(24-26-52)35-17-19-49(20-18-35)29-31-15-21-50(22-16-31)34-8-6-33(7-9-34)47-39-12-14-43(54)48-44(39)55/h5-11,13,27-28,31,35,39-40,47H,4,12,14-26,29-30H2,1-3H3,(H,48,54,55)/t39?,40-/m1/s1. The van der Waals surface area contributed by atoms with E-state index in [1.54, 1.807) is 30.3 Å². The fourth-order valence-electron chi connectivity index (χ4n) is 9.85. The van der Waals surface area contributed by atoms with E-state index in [0.717, 1.165) is 107 Å². The summed E-state index contributed by atoms with van der Waals surface area (Å²) in [7, 11) is -2.09. The minimum Gasteiger partial charge on any atom is -0.493 e. The van der Waals surface area contributed by atoms with Crippen LogP contribution in [0.4, 0.5) is 17.1 Å². The summed E-state index contributed by atoms with van der Waals surface area (Å²) < 4.78 is 36.5. The van der Waals surface area contributed by atoms with Crippen LogP contribution < -0.4 is 29.9 Å². The third-order valence-electron chi connectivity index (χ3n) is 13.2. The molecule has 16 heteroatoms. The normalized spacial score (nSPS) is 21.5. The molecular weight excluding hydrogens is 811 g/mol. The van der Waals surface area contributed by atoms with Gasteiger partial charge in [-0.3, -0.25) is 34.3 Å². The zero-order valence-corrected chi connectivity index (χ0v) is 36.8. The number of hydrogen-bond acceptors (Lipinski definition) is 13. The maximum absolute atomic E-state index is 14.0. The smallest absolute Gasteiger partial charge is 0.262 e. The predicted molar refractivity (Wildman–Crippen MR) is 238 cm³/mol. The number of piperazine rings is 1. The second-order valence-electron chi connectivity index (χ2n) is 17.3. The highest BCUT2D eigenvalue weighted by Gasteiger charge is 2.43. The van der Waals surface area contributed by atoms with E-state index in [1.807, 2.05) is 25.1 Å². The van der Waals surface area contributed by atoms with Gasteiger partial charge in [-0.25, -0.2) is 8.42 Å². The Balaban J connectivity index is 0.800. The summed E-state index contributed by atoms with van der Waals surface area (Å²) in [6.45, 7) is 11.1. The van der Waals surface area contributed by atoms with Crippen LogP contribution in [0.15, 0.2) is 60.7 Å². The Morgan fingerprint density at radius 1 is 0.758 bits per heavy atom. The number of nitrogens with one attached hydrogen (secondary N) is 2. The molecule has 4 amide bonds. The Bertz CT molecular complexity index is 2250. The highest BCUT2D eigenvalue weighted by molar-refractivity contribution is 7.90. The largest absolute Gasteiger partial charge is 0.493 e. The van der Waals surface area contributed by atoms with Gasteiger partial charge in [0, 0.05) is 81.6 Å². The molecule has 0 aromatic heterocycles. The lowest BCUT2D eigenvalue weighted by Crippen LogP contribution is -2.53. The Morgan fingerprint density at radius 2 is 1.44 bits per heavy atom. The Hall–Kier alpha value is -5.19. The molecule has 0 radical (unpaired) electrons. The van der Waals surface area contributed by atoms with Crippen LogP contribution in [0.25, 0.3) is 0 Å². The summed E-state index contributed by atoms with van der Waals surface area (Å²) >= 11 is 0. The molecular formula is C46H59N7O8S. The number of imide groups is 2. The number of rotatable bonds is 14. The molecule has 0 saturated carbocycles. The van der Waals surface area contributed by atoms with Crippen molar-refractivity contribution < 1.29 is 37.1 Å². The van der Waals surface area contributed by atoms with Gasteiger partial charge in [0.2, 0.25) is 11.8 Å². The summed E-state index contributed by atoms with van der Waals surface area (Å²) in [5.74, 6) is -0.336. The molecule has 5 aliphatic rings. The van der Waals surface area contributed by atoms with Crippen LogP contribution in [0.3, 0.4) is 0 Å². The van der Waals surface area contributed by atoms with Crippen LogP contribution in [-0.4, -0.2) is 143 Å². The number of sulfone groups is 1. The first kappa shape index (κ1) is 43.5. The van der Waals surface area contributed by atoms with Gasteiger partial charge in [-0.05, 0) is 118 Å². The van der Waals surface area contributed by atoms with Crippen LogP contribution >= 0.6 is 0 Å². The number of fused-ring (bicyclic) bond motifs is 1. The zero-order chi connectivity index (χ0) is 43.5. The molecule has 2 N–H and O–H groups in total. The number of benzene rings is 3. The van der Waals surface area contributed by atoms with E-state index in [2.05, 4.69) is 42.4 Å². The second kappa shape index (κ2) is 18.7. The van der Waals surface area contributed by atoms with Crippen molar-refractivity contribution in [1.29, 1.82) is 0 Å². The highest BCUT2D eigenvalue weighted by atomic mass is 32.2. The number of carbonyl (C=O) groups is 4. The minimum atomic E-state index is -3.60. The minimum absolute atomic E-state index is 0.209. The third-order valence-corrected chi connectivity index (χ3v) is 14.2. The Morgan fingerprint density at radius 3 is 2.10 bits per heavy atom. The predicted octanol–water partition coefficient (Wildman–Crippen LogP) is 4.20. The van der Waals surface area contributed by atoms with E-state index in [1.165, 1.54) is 12.8 Å². The van der Waals surface area contributed by atoms with Gasteiger partial charge in [-0.15, -0.1) is 0 Å². The van der Waals surface area contributed by atoms with Gasteiger partial charge in [-0.2, -0.15) is 0 Å². The number of carbonyl (C=O) groups excluding carboxylic acids is 4. The van der Waals surface area contributed by atoms with Crippen molar-refractivity contribution in [3.63, 3.8) is 0 Å². The number of likely N-dealkylation sites (tertiary alicyclic amines) is 1. The molecule has 3 aromatic rings. The lowest BCUT2D eigenvalue weighted by molar-refractivity contribution is -0.133. The molecule has 5 heterocycles. The SMILES string of the molecule is CCOc1cc([C@@H](CS(C)(=O)=O)N2C(=O)c3ccc(N4CCN(C5CCN(CC6CCN(c7ccc(NC8CCC(=O)NC8=O)cc7)CC6)CC5)CC4)cc3C2=O)ccc1OC. The third kappa shape index (κ3) is 9.72. The van der Waals surface area contributed by atoms with Gasteiger partial charge < -0.3 is 29.5 Å². The van der Waals surface area contributed by atoms with Gasteiger partial charge >= 0.3 is 0 Å². The average Bonchev–Trinajstić information content (AvgIpc) is 3.52. The summed E-state index contributed by atoms with van der Waals surface area (Å²) in [6.07, 6.45) is 6.60. The van der Waals surface area contributed by atoms with Crippen LogP contribution in [-0.2, 0) is 19.4 Å². The number of anilines is 3. The monoisotopic (exact) mass is 869 g/mol. The van der Waals surface area contributed by atoms with Crippen molar-refractivity contribution in [2.75, 3.05) is 99.7 Å². The van der Waals surface area contributed by atoms with Crippen molar-refractivity contribution in [1.82, 2.24) is 20.0 Å². The molecule has 1 unspecified atom stereocenters. The highest BCUT2D eigenvalue weighted by Crippen LogP contribution is 2.38. The van der Waals surface area contributed by atoms with Crippen molar-refractivity contribution in [2.24, 2.45) is 5.92 Å². The van der Waals surface area contributed by atoms with Gasteiger partial charge in [0.25, 0.3) is 11.8 Å². The molecule has 4 fully saturated rings. The lowest BCUT2D eigenvalue weighted by Gasteiger charge is -2.44. The summed E-state index contributed by atoms with van der Waals surface area (Å²) in [4.78, 5) is 62.6. The average molecular weight is 870 g/mol. The Labute approximate surface area is 364 Å². The summed E-state index contributed by atoms with van der Waals surface area (Å²) in [5.41, 5.74) is 4.01. The fraction of sp³-hybridized carbons (Fsp3) is 0.522. The topological polar surface area (TPSA) is 161 Å². The number of amides is 4. The molecule has 62 heavy (non-hydrogen) atoms. The van der Waals surface area contributed by atoms with Crippen LogP contribution in [0.5, 0.6) is 11.5 Å². The number of methoxy groups -OCH3 is 1. The molecule has 8 rings (SSSR count). The van der Waals surface area contributed by atoms with Crippen LogP contribution in [0.1, 0.15) is 77.8 Å². The van der Waals surface area contributed by atoms with Crippen molar-refractivity contribution in [3.05, 3.63) is 77.4 Å². The molecule has 332 valence electrons. The molecule has 15 nitrogen and oxygen atoms in total. The quantitative estimate of drug-likeness (QED) is 0.222. The van der Waals surface area contributed by atoms with E-state index < -0.39 is 33.4 Å². The molecule has 4 saturated heterocycles. The number of ether oxygens (including phenoxy) is 2. The maximum atomic E-state index is 14.0. The van der Waals surface area contributed by atoms with Gasteiger partial charge in [-0.1, -0.05) is 6.07 Å². The molecule has 0 aliphatic carbocycles. The summed E-state index contributed by atoms with van der Waals surface area (Å²) in [6, 6.07) is 17.8. The molecule has 2 atom stereocenters. The fourth-order valence-corrected chi connectivity index (χ4v) is 10.8.